The van der Waals surface area contributed by atoms with Crippen LogP contribution in [0.15, 0.2) is 30.3 Å². The third kappa shape index (κ3) is 4.69. The molecular weight excluding hydrogens is 308 g/mol. The predicted molar refractivity (Wildman–Crippen MR) is 80.6 cm³/mol. The van der Waals surface area contributed by atoms with E-state index in [0.29, 0.717) is 6.42 Å². The predicted octanol–water partition coefficient (Wildman–Crippen LogP) is 0.308. The molecule has 1 amide bonds. The van der Waals surface area contributed by atoms with Gasteiger partial charge in [0.1, 0.15) is 6.61 Å². The Kier molecular flexibility index (Phi) is 5.38. The van der Waals surface area contributed by atoms with E-state index in [9.17, 15) is 18.3 Å². The molecule has 0 spiro atoms. The molecule has 1 fully saturated rings. The lowest BCUT2D eigenvalue weighted by Crippen LogP contribution is -2.55. The average molecular weight is 328 g/mol. The van der Waals surface area contributed by atoms with Crippen molar-refractivity contribution in [3.05, 3.63) is 35.9 Å². The Morgan fingerprint density at radius 2 is 2.09 bits per heavy atom. The molecule has 1 heterocycles. The summed E-state index contributed by atoms with van der Waals surface area (Å²) in [4.78, 5) is 11.7. The molecule has 0 radical (unpaired) electrons. The second-order valence-electron chi connectivity index (χ2n) is 5.29. The van der Waals surface area contributed by atoms with Gasteiger partial charge in [0, 0.05) is 13.1 Å². The van der Waals surface area contributed by atoms with Crippen LogP contribution in [0.25, 0.3) is 0 Å². The Balaban J connectivity index is 1.80. The molecule has 0 aromatic heterocycles. The monoisotopic (exact) mass is 328 g/mol. The van der Waals surface area contributed by atoms with E-state index < -0.39 is 28.3 Å². The molecule has 2 N–H and O–H groups in total. The van der Waals surface area contributed by atoms with Gasteiger partial charge in [-0.05, 0) is 12.0 Å². The fourth-order valence-corrected chi connectivity index (χ4v) is 3.15. The molecule has 1 aliphatic heterocycles. The minimum absolute atomic E-state index is 0.0253. The smallest absolute Gasteiger partial charge is 0.407 e. The van der Waals surface area contributed by atoms with Gasteiger partial charge in [0.05, 0.1) is 18.4 Å². The van der Waals surface area contributed by atoms with E-state index >= 15 is 0 Å². The highest BCUT2D eigenvalue weighted by Gasteiger charge is 2.32. The Morgan fingerprint density at radius 3 is 2.68 bits per heavy atom. The number of hydrogen-bond acceptors (Lipinski definition) is 5. The number of amides is 1. The minimum Gasteiger partial charge on any atom is -0.445 e. The molecule has 1 aromatic carbocycles. The molecule has 1 aromatic rings. The van der Waals surface area contributed by atoms with Gasteiger partial charge in [-0.3, -0.25) is 0 Å². The standard InChI is InChI=1S/C14H20N2O5S/c1-22(19,20)16-8-7-12(13(17)9-16)15-14(18)21-10-11-5-3-2-4-6-11/h2-6,12-13,17H,7-10H2,1H3,(H,15,18)/t12-,13-/m1/s1. The zero-order chi connectivity index (χ0) is 16.2. The van der Waals surface area contributed by atoms with Crippen molar-refractivity contribution in [1.29, 1.82) is 0 Å². The van der Waals surface area contributed by atoms with Gasteiger partial charge in [-0.2, -0.15) is 4.31 Å². The van der Waals surface area contributed by atoms with Gasteiger partial charge >= 0.3 is 6.09 Å². The summed E-state index contributed by atoms with van der Waals surface area (Å²) >= 11 is 0. The van der Waals surface area contributed by atoms with E-state index in [1.165, 1.54) is 4.31 Å². The lowest BCUT2D eigenvalue weighted by molar-refractivity contribution is 0.0641. The summed E-state index contributed by atoms with van der Waals surface area (Å²) in [6.45, 7) is 0.382. The number of alkyl carbamates (subject to hydrolysis) is 1. The molecule has 1 aliphatic rings. The molecule has 0 aliphatic carbocycles. The number of hydrogen-bond donors (Lipinski definition) is 2. The first-order valence-corrected chi connectivity index (χ1v) is 8.81. The maximum absolute atomic E-state index is 11.7. The number of β-amino-alcohol motifs (C(OH)–C–C–N with tert-alkyl or cyclic N) is 1. The first-order chi connectivity index (χ1) is 10.4. The van der Waals surface area contributed by atoms with E-state index in [1.807, 2.05) is 30.3 Å². The number of sulfonamides is 1. The lowest BCUT2D eigenvalue weighted by atomic mass is 10.0. The number of carbonyl (C=O) groups is 1. The van der Waals surface area contributed by atoms with Crippen LogP contribution in [-0.4, -0.2) is 55.4 Å². The molecule has 1 saturated heterocycles. The van der Waals surface area contributed by atoms with Crippen LogP contribution in [0.3, 0.4) is 0 Å². The van der Waals surface area contributed by atoms with Gasteiger partial charge in [0.2, 0.25) is 10.0 Å². The summed E-state index contributed by atoms with van der Waals surface area (Å²) in [6.07, 6.45) is -0.135. The summed E-state index contributed by atoms with van der Waals surface area (Å²) in [5.41, 5.74) is 0.866. The maximum Gasteiger partial charge on any atom is 0.407 e. The molecule has 22 heavy (non-hydrogen) atoms. The molecule has 0 unspecified atom stereocenters. The van der Waals surface area contributed by atoms with Crippen LogP contribution in [-0.2, 0) is 21.4 Å². The lowest BCUT2D eigenvalue weighted by Gasteiger charge is -2.34. The van der Waals surface area contributed by atoms with Gasteiger partial charge in [-0.25, -0.2) is 13.2 Å². The van der Waals surface area contributed by atoms with Crippen molar-refractivity contribution in [2.45, 2.75) is 25.2 Å². The highest BCUT2D eigenvalue weighted by molar-refractivity contribution is 7.88. The van der Waals surface area contributed by atoms with Crippen molar-refractivity contribution in [2.75, 3.05) is 19.3 Å². The number of carbonyl (C=O) groups excluding carboxylic acids is 1. The van der Waals surface area contributed by atoms with Gasteiger partial charge < -0.3 is 15.2 Å². The fourth-order valence-electron chi connectivity index (χ4n) is 2.29. The summed E-state index contributed by atoms with van der Waals surface area (Å²) in [6, 6.07) is 8.73. The second-order valence-corrected chi connectivity index (χ2v) is 7.27. The van der Waals surface area contributed by atoms with Crippen LogP contribution in [0.4, 0.5) is 4.79 Å². The molecule has 2 rings (SSSR count). The summed E-state index contributed by atoms with van der Waals surface area (Å²) < 4.78 is 29.1. The highest BCUT2D eigenvalue weighted by atomic mass is 32.2. The van der Waals surface area contributed by atoms with E-state index in [-0.39, 0.29) is 19.7 Å². The quantitative estimate of drug-likeness (QED) is 0.829. The zero-order valence-electron chi connectivity index (χ0n) is 12.3. The highest BCUT2D eigenvalue weighted by Crippen LogP contribution is 2.14. The summed E-state index contributed by atoms with van der Waals surface area (Å²) in [5.74, 6) is 0. The van der Waals surface area contributed by atoms with Crippen LogP contribution in [0.5, 0.6) is 0 Å². The van der Waals surface area contributed by atoms with E-state index in [2.05, 4.69) is 5.32 Å². The van der Waals surface area contributed by atoms with Crippen LogP contribution >= 0.6 is 0 Å². The Hall–Kier alpha value is -1.64. The van der Waals surface area contributed by atoms with Crippen molar-refractivity contribution in [3.8, 4) is 0 Å². The average Bonchev–Trinajstić information content (AvgIpc) is 2.47. The first-order valence-electron chi connectivity index (χ1n) is 6.96. The fraction of sp³-hybridized carbons (Fsp3) is 0.500. The van der Waals surface area contributed by atoms with E-state index in [1.54, 1.807) is 0 Å². The van der Waals surface area contributed by atoms with Crippen molar-refractivity contribution >= 4 is 16.1 Å². The Morgan fingerprint density at radius 1 is 1.41 bits per heavy atom. The summed E-state index contributed by atoms with van der Waals surface area (Å²) in [7, 11) is -3.33. The third-order valence-corrected chi connectivity index (χ3v) is 4.80. The Bertz CT molecular complexity index is 605. The van der Waals surface area contributed by atoms with Crippen LogP contribution in [0, 0.1) is 0 Å². The number of piperidine rings is 1. The summed E-state index contributed by atoms with van der Waals surface area (Å²) in [5, 5.41) is 12.5. The number of benzene rings is 1. The van der Waals surface area contributed by atoms with Gasteiger partial charge in [0.15, 0.2) is 0 Å². The van der Waals surface area contributed by atoms with E-state index in [0.717, 1.165) is 11.8 Å². The SMILES string of the molecule is CS(=O)(=O)N1CC[C@@H](NC(=O)OCc2ccccc2)[C@H](O)C1. The topological polar surface area (TPSA) is 95.9 Å². The number of ether oxygens (including phenoxy) is 1. The van der Waals surface area contributed by atoms with Gasteiger partial charge in [-0.1, -0.05) is 30.3 Å². The van der Waals surface area contributed by atoms with Crippen LogP contribution < -0.4 is 5.32 Å². The van der Waals surface area contributed by atoms with Gasteiger partial charge in [0.25, 0.3) is 0 Å². The maximum atomic E-state index is 11.7. The normalized spacial score (nSPS) is 23.0. The van der Waals surface area contributed by atoms with Crippen molar-refractivity contribution in [2.24, 2.45) is 0 Å². The largest absolute Gasteiger partial charge is 0.445 e. The van der Waals surface area contributed by atoms with Crippen molar-refractivity contribution in [3.63, 3.8) is 0 Å². The first kappa shape index (κ1) is 16.7. The molecular formula is C14H20N2O5S. The number of nitrogens with zero attached hydrogens (tertiary/aromatic N) is 1. The molecule has 2 atom stereocenters. The third-order valence-electron chi connectivity index (χ3n) is 3.53. The van der Waals surface area contributed by atoms with Gasteiger partial charge in [-0.15, -0.1) is 0 Å². The molecule has 122 valence electrons. The van der Waals surface area contributed by atoms with E-state index in [4.69, 9.17) is 4.74 Å². The van der Waals surface area contributed by atoms with Crippen LogP contribution in [0.1, 0.15) is 12.0 Å². The van der Waals surface area contributed by atoms with Crippen LogP contribution in [0.2, 0.25) is 0 Å². The minimum atomic E-state index is -3.33. The number of aliphatic hydroxyl groups is 1. The molecule has 8 heteroatoms. The molecule has 0 bridgehead atoms. The van der Waals surface area contributed by atoms with Crippen molar-refractivity contribution in [1.82, 2.24) is 9.62 Å². The van der Waals surface area contributed by atoms with Crippen molar-refractivity contribution < 1.29 is 23.1 Å². The number of rotatable bonds is 4. The molecule has 0 saturated carbocycles. The number of aliphatic hydroxyl groups excluding tert-OH is 1. The zero-order valence-corrected chi connectivity index (χ0v) is 13.1. The molecule has 7 nitrogen and oxygen atoms in total. The Labute approximate surface area is 129 Å². The second kappa shape index (κ2) is 7.08. The number of nitrogens with one attached hydrogen (secondary N) is 1.